The molecule has 1 saturated heterocycles. The number of fused-ring (bicyclic) bond motifs is 1. The topological polar surface area (TPSA) is 87.9 Å². The third kappa shape index (κ3) is 3.85. The van der Waals surface area contributed by atoms with Crippen molar-refractivity contribution in [3.05, 3.63) is 35.5 Å². The van der Waals surface area contributed by atoms with Gasteiger partial charge in [0.15, 0.2) is 0 Å². The second-order valence-corrected chi connectivity index (χ2v) is 9.57. The number of carbonyl (C=O) groups excluding carboxylic acids is 2. The molecule has 162 valence electrons. The number of ether oxygens (including phenoxy) is 1. The van der Waals surface area contributed by atoms with Crippen LogP contribution in [0.15, 0.2) is 30.0 Å². The molecule has 2 atom stereocenters. The van der Waals surface area contributed by atoms with Gasteiger partial charge < -0.3 is 25.6 Å². The predicted octanol–water partition coefficient (Wildman–Crippen LogP) is 2.43. The number of nitrogens with zero attached hydrogens (tertiary/aromatic N) is 2. The largest absolute Gasteiger partial charge is 0.497 e. The summed E-state index contributed by atoms with van der Waals surface area (Å²) < 4.78 is 5.30. The van der Waals surface area contributed by atoms with Crippen LogP contribution >= 0.6 is 0 Å². The molecule has 0 bridgehead atoms. The highest BCUT2D eigenvalue weighted by atomic mass is 16.5. The predicted molar refractivity (Wildman–Crippen MR) is 116 cm³/mol. The number of hydrogen-bond acceptors (Lipinski definition) is 4. The minimum Gasteiger partial charge on any atom is -0.497 e. The molecule has 0 aromatic heterocycles. The lowest BCUT2D eigenvalue weighted by Crippen LogP contribution is -2.59. The minimum atomic E-state index is -0.431. The molecule has 7 heteroatoms. The first-order valence-corrected chi connectivity index (χ1v) is 10.7. The fraction of sp³-hybridized carbons (Fsp3) is 0.565. The molecule has 2 aliphatic heterocycles. The van der Waals surface area contributed by atoms with E-state index in [-0.39, 0.29) is 23.5 Å². The molecule has 2 unspecified atom stereocenters. The Hall–Kier alpha value is -2.70. The number of allylic oxidation sites excluding steroid dienone is 1. The van der Waals surface area contributed by atoms with E-state index in [1.165, 1.54) is 5.70 Å². The van der Waals surface area contributed by atoms with E-state index in [1.54, 1.807) is 7.11 Å². The number of nitrogens with one attached hydrogen (secondary N) is 1. The first kappa shape index (κ1) is 20.6. The van der Waals surface area contributed by atoms with Crippen LogP contribution in [0.25, 0.3) is 5.57 Å². The Labute approximate surface area is 178 Å². The third-order valence-corrected chi connectivity index (χ3v) is 6.14. The summed E-state index contributed by atoms with van der Waals surface area (Å²) in [5.74, 6) is 0.497. The van der Waals surface area contributed by atoms with Gasteiger partial charge in [-0.3, -0.25) is 4.79 Å². The molecule has 2 heterocycles. The molecule has 0 radical (unpaired) electrons. The zero-order chi connectivity index (χ0) is 21.6. The van der Waals surface area contributed by atoms with Crippen LogP contribution < -0.4 is 15.8 Å². The highest BCUT2D eigenvalue weighted by Crippen LogP contribution is 2.51. The van der Waals surface area contributed by atoms with E-state index in [9.17, 15) is 9.59 Å². The molecule has 3 amide bonds. The van der Waals surface area contributed by atoms with Gasteiger partial charge in [-0.25, -0.2) is 4.79 Å². The summed E-state index contributed by atoms with van der Waals surface area (Å²) in [6.45, 7) is 7.76. The summed E-state index contributed by atoms with van der Waals surface area (Å²) in [6, 6.07) is 7.66. The van der Waals surface area contributed by atoms with E-state index in [0.29, 0.717) is 19.0 Å². The van der Waals surface area contributed by atoms with Crippen LogP contribution in [0.4, 0.5) is 4.79 Å². The van der Waals surface area contributed by atoms with Crippen LogP contribution in [0.3, 0.4) is 0 Å². The Kier molecular flexibility index (Phi) is 5.16. The van der Waals surface area contributed by atoms with Gasteiger partial charge in [-0.1, -0.05) is 12.1 Å². The van der Waals surface area contributed by atoms with Crippen molar-refractivity contribution in [1.29, 1.82) is 0 Å². The van der Waals surface area contributed by atoms with Crippen molar-refractivity contribution in [3.8, 4) is 5.75 Å². The molecule has 1 saturated carbocycles. The number of urea groups is 1. The second-order valence-electron chi connectivity index (χ2n) is 9.57. The molecule has 3 N–H and O–H groups in total. The maximum Gasteiger partial charge on any atom is 0.317 e. The Morgan fingerprint density at radius 3 is 2.33 bits per heavy atom. The molecule has 0 spiro atoms. The highest BCUT2D eigenvalue weighted by Gasteiger charge is 2.50. The summed E-state index contributed by atoms with van der Waals surface area (Å²) in [5.41, 5.74) is 8.95. The van der Waals surface area contributed by atoms with E-state index in [0.717, 1.165) is 36.3 Å². The Morgan fingerprint density at radius 2 is 1.80 bits per heavy atom. The lowest BCUT2D eigenvalue weighted by molar-refractivity contribution is -0.121. The van der Waals surface area contributed by atoms with Gasteiger partial charge in [0.05, 0.1) is 19.1 Å². The molecular formula is C23H32N4O3. The lowest BCUT2D eigenvalue weighted by Gasteiger charge is -2.42. The summed E-state index contributed by atoms with van der Waals surface area (Å²) in [6.07, 6.45) is 2.27. The number of carbonyl (C=O) groups is 2. The summed E-state index contributed by atoms with van der Waals surface area (Å²) >= 11 is 0. The van der Waals surface area contributed by atoms with Crippen LogP contribution in [-0.2, 0) is 4.79 Å². The van der Waals surface area contributed by atoms with Crippen LogP contribution in [0, 0.1) is 11.8 Å². The molecule has 4 rings (SSSR count). The number of methoxy groups -OCH3 is 1. The van der Waals surface area contributed by atoms with Crippen molar-refractivity contribution in [2.75, 3.05) is 26.7 Å². The van der Waals surface area contributed by atoms with Crippen molar-refractivity contribution in [3.63, 3.8) is 0 Å². The number of hydrogen-bond donors (Lipinski definition) is 2. The molecule has 7 nitrogen and oxygen atoms in total. The number of benzene rings is 1. The second kappa shape index (κ2) is 7.52. The van der Waals surface area contributed by atoms with E-state index >= 15 is 0 Å². The van der Waals surface area contributed by atoms with Crippen molar-refractivity contribution in [2.45, 2.75) is 45.2 Å². The SMILES string of the molecule is COc1ccc(C2=C(C3CC3)N3CCN(C(=O)NC(C)(C)C)CC3C2C(N)=O)cc1. The van der Waals surface area contributed by atoms with Gasteiger partial charge in [-0.15, -0.1) is 0 Å². The average Bonchev–Trinajstić information content (AvgIpc) is 3.46. The third-order valence-electron chi connectivity index (χ3n) is 6.14. The van der Waals surface area contributed by atoms with Gasteiger partial charge >= 0.3 is 6.03 Å². The molecule has 3 aliphatic rings. The number of nitrogens with two attached hydrogens (primary N) is 1. The number of piperazine rings is 1. The van der Waals surface area contributed by atoms with Gasteiger partial charge in [-0.05, 0) is 62.8 Å². The Morgan fingerprint density at radius 1 is 1.13 bits per heavy atom. The summed E-state index contributed by atoms with van der Waals surface area (Å²) in [4.78, 5) is 29.6. The smallest absolute Gasteiger partial charge is 0.317 e. The lowest BCUT2D eigenvalue weighted by atomic mass is 9.87. The zero-order valence-electron chi connectivity index (χ0n) is 18.3. The molecule has 2 fully saturated rings. The number of primary amides is 1. The highest BCUT2D eigenvalue weighted by molar-refractivity contribution is 5.94. The van der Waals surface area contributed by atoms with Crippen LogP contribution in [0.1, 0.15) is 39.2 Å². The normalized spacial score (nSPS) is 24.0. The fourth-order valence-electron chi connectivity index (χ4n) is 4.73. The fourth-order valence-corrected chi connectivity index (χ4v) is 4.73. The van der Waals surface area contributed by atoms with Gasteiger partial charge in [0, 0.05) is 30.9 Å². The number of rotatable bonds is 4. The summed E-state index contributed by atoms with van der Waals surface area (Å²) in [7, 11) is 1.64. The first-order chi connectivity index (χ1) is 14.2. The van der Waals surface area contributed by atoms with E-state index in [2.05, 4.69) is 10.2 Å². The molecule has 1 aromatic carbocycles. The van der Waals surface area contributed by atoms with Gasteiger partial charge in [-0.2, -0.15) is 0 Å². The van der Waals surface area contributed by atoms with Crippen LogP contribution in [0.5, 0.6) is 5.75 Å². The van der Waals surface area contributed by atoms with Crippen LogP contribution in [-0.4, -0.2) is 60.1 Å². The maximum atomic E-state index is 12.8. The van der Waals surface area contributed by atoms with Crippen LogP contribution in [0.2, 0.25) is 0 Å². The quantitative estimate of drug-likeness (QED) is 0.795. The zero-order valence-corrected chi connectivity index (χ0v) is 18.3. The Balaban J connectivity index is 1.67. The number of amides is 3. The Bertz CT molecular complexity index is 867. The molecular weight excluding hydrogens is 380 g/mol. The van der Waals surface area contributed by atoms with Crippen molar-refractivity contribution in [1.82, 2.24) is 15.1 Å². The van der Waals surface area contributed by atoms with Crippen molar-refractivity contribution in [2.24, 2.45) is 17.6 Å². The standard InChI is InChI=1S/C23H32N4O3/c1-23(2,3)25-22(29)26-11-12-27-17(13-26)19(21(24)28)18(20(27)15-5-6-15)14-7-9-16(30-4)10-8-14/h7-10,15,17,19H,5-6,11-13H2,1-4H3,(H2,24,28)(H,25,29). The van der Waals surface area contributed by atoms with E-state index in [4.69, 9.17) is 10.5 Å². The van der Waals surface area contributed by atoms with E-state index < -0.39 is 5.92 Å². The maximum absolute atomic E-state index is 12.8. The minimum absolute atomic E-state index is 0.0868. The monoisotopic (exact) mass is 412 g/mol. The molecule has 1 aromatic rings. The molecule has 30 heavy (non-hydrogen) atoms. The van der Waals surface area contributed by atoms with Gasteiger partial charge in [0.2, 0.25) is 5.91 Å². The van der Waals surface area contributed by atoms with E-state index in [1.807, 2.05) is 49.9 Å². The molecule has 1 aliphatic carbocycles. The van der Waals surface area contributed by atoms with Crippen molar-refractivity contribution >= 4 is 17.5 Å². The average molecular weight is 413 g/mol. The van der Waals surface area contributed by atoms with Gasteiger partial charge in [0.25, 0.3) is 0 Å². The first-order valence-electron chi connectivity index (χ1n) is 10.7. The van der Waals surface area contributed by atoms with Crippen molar-refractivity contribution < 1.29 is 14.3 Å². The summed E-state index contributed by atoms with van der Waals surface area (Å²) in [5, 5.41) is 3.04. The van der Waals surface area contributed by atoms with Gasteiger partial charge in [0.1, 0.15) is 5.75 Å².